The van der Waals surface area contributed by atoms with Crippen LogP contribution in [0.25, 0.3) is 0 Å². The molecule has 0 bridgehead atoms. The van der Waals surface area contributed by atoms with Crippen molar-refractivity contribution < 1.29 is 9.53 Å². The zero-order chi connectivity index (χ0) is 15.5. The molecule has 1 aliphatic rings. The second-order valence-electron chi connectivity index (χ2n) is 6.42. The number of amides is 1. The molecule has 1 atom stereocenters. The molecule has 2 rings (SSSR count). The van der Waals surface area contributed by atoms with Gasteiger partial charge in [-0.1, -0.05) is 12.1 Å². The maximum absolute atomic E-state index is 12.8. The summed E-state index contributed by atoms with van der Waals surface area (Å²) in [5.74, 6) is 0.112. The van der Waals surface area contributed by atoms with Gasteiger partial charge in [0.05, 0.1) is 11.5 Å². The molecule has 1 saturated heterocycles. The number of nitrogens with two attached hydrogens (primary N) is 1. The highest BCUT2D eigenvalue weighted by molar-refractivity contribution is 5.87. The van der Waals surface area contributed by atoms with Crippen LogP contribution in [0.15, 0.2) is 24.3 Å². The second-order valence-corrected chi connectivity index (χ2v) is 6.42. The molecule has 1 aromatic carbocycles. The lowest BCUT2D eigenvalue weighted by atomic mass is 9.83. The van der Waals surface area contributed by atoms with Crippen molar-refractivity contribution in [2.75, 3.05) is 25.9 Å². The lowest BCUT2D eigenvalue weighted by Gasteiger charge is -2.33. The van der Waals surface area contributed by atoms with Gasteiger partial charge in [-0.2, -0.15) is 0 Å². The van der Waals surface area contributed by atoms with Crippen molar-refractivity contribution in [3.63, 3.8) is 0 Å². The van der Waals surface area contributed by atoms with Gasteiger partial charge < -0.3 is 15.4 Å². The van der Waals surface area contributed by atoms with E-state index in [4.69, 9.17) is 10.5 Å². The van der Waals surface area contributed by atoms with Crippen LogP contribution in [-0.4, -0.2) is 37.1 Å². The Morgan fingerprint density at radius 3 is 2.57 bits per heavy atom. The van der Waals surface area contributed by atoms with Gasteiger partial charge in [0, 0.05) is 25.9 Å². The Hall–Kier alpha value is -1.55. The van der Waals surface area contributed by atoms with Crippen LogP contribution in [0.3, 0.4) is 0 Å². The van der Waals surface area contributed by atoms with E-state index in [0.717, 1.165) is 25.0 Å². The van der Waals surface area contributed by atoms with E-state index in [1.54, 1.807) is 4.90 Å². The minimum Gasteiger partial charge on any atom is -0.399 e. The van der Waals surface area contributed by atoms with Crippen LogP contribution < -0.4 is 5.73 Å². The third kappa shape index (κ3) is 3.76. The average Bonchev–Trinajstić information content (AvgIpc) is 2.48. The molecule has 2 N–H and O–H groups in total. The second kappa shape index (κ2) is 6.48. The molecule has 1 aliphatic heterocycles. The molecule has 1 unspecified atom stereocenters. The summed E-state index contributed by atoms with van der Waals surface area (Å²) in [6, 6.07) is 7.54. The largest absolute Gasteiger partial charge is 0.399 e. The van der Waals surface area contributed by atoms with E-state index in [-0.39, 0.29) is 12.0 Å². The van der Waals surface area contributed by atoms with Gasteiger partial charge in [-0.05, 0) is 50.8 Å². The van der Waals surface area contributed by atoms with E-state index in [1.165, 1.54) is 6.42 Å². The minimum absolute atomic E-state index is 0.112. The molecule has 0 aliphatic carbocycles. The Morgan fingerprint density at radius 1 is 1.33 bits per heavy atom. The van der Waals surface area contributed by atoms with E-state index < -0.39 is 5.41 Å². The molecule has 4 nitrogen and oxygen atoms in total. The number of hydrogen-bond donors (Lipinski definition) is 1. The number of rotatable bonds is 4. The normalized spacial score (nSPS) is 19.3. The standard InChI is InChI=1S/C17H26N2O2/c1-17(2,13-7-9-14(18)10-8-13)16(20)19(3)12-15-6-4-5-11-21-15/h7-10,15H,4-6,11-12,18H2,1-3H3. The summed E-state index contributed by atoms with van der Waals surface area (Å²) < 4.78 is 5.72. The summed E-state index contributed by atoms with van der Waals surface area (Å²) in [6.45, 7) is 5.39. The van der Waals surface area contributed by atoms with Gasteiger partial charge in [0.1, 0.15) is 0 Å². The number of carbonyl (C=O) groups is 1. The monoisotopic (exact) mass is 290 g/mol. The van der Waals surface area contributed by atoms with E-state index in [2.05, 4.69) is 0 Å². The Morgan fingerprint density at radius 2 is 2.00 bits per heavy atom. The van der Waals surface area contributed by atoms with Crippen molar-refractivity contribution in [1.82, 2.24) is 4.90 Å². The number of likely N-dealkylation sites (N-methyl/N-ethyl adjacent to an activating group) is 1. The van der Waals surface area contributed by atoms with Crippen LogP contribution in [0.4, 0.5) is 5.69 Å². The number of benzene rings is 1. The molecule has 0 aromatic heterocycles. The van der Waals surface area contributed by atoms with Gasteiger partial charge in [0.15, 0.2) is 0 Å². The van der Waals surface area contributed by atoms with E-state index >= 15 is 0 Å². The van der Waals surface area contributed by atoms with Crippen LogP contribution >= 0.6 is 0 Å². The van der Waals surface area contributed by atoms with Gasteiger partial charge >= 0.3 is 0 Å². The molecular formula is C17H26N2O2. The quantitative estimate of drug-likeness (QED) is 0.867. The Labute approximate surface area is 127 Å². The fraction of sp³-hybridized carbons (Fsp3) is 0.588. The number of ether oxygens (including phenoxy) is 1. The van der Waals surface area contributed by atoms with Gasteiger partial charge in [0.25, 0.3) is 0 Å². The molecule has 0 spiro atoms. The predicted molar refractivity (Wildman–Crippen MR) is 85.1 cm³/mol. The van der Waals surface area contributed by atoms with Crippen LogP contribution in [-0.2, 0) is 14.9 Å². The molecule has 4 heteroatoms. The van der Waals surface area contributed by atoms with Crippen LogP contribution in [0.2, 0.25) is 0 Å². The van der Waals surface area contributed by atoms with E-state index in [9.17, 15) is 4.79 Å². The van der Waals surface area contributed by atoms with Gasteiger partial charge in [-0.25, -0.2) is 0 Å². The lowest BCUT2D eigenvalue weighted by Crippen LogP contribution is -2.45. The van der Waals surface area contributed by atoms with Gasteiger partial charge in [-0.15, -0.1) is 0 Å². The van der Waals surface area contributed by atoms with Crippen molar-refractivity contribution in [2.45, 2.75) is 44.6 Å². The Balaban J connectivity index is 2.04. The molecule has 0 radical (unpaired) electrons. The summed E-state index contributed by atoms with van der Waals surface area (Å²) in [7, 11) is 1.86. The number of carbonyl (C=O) groups excluding carboxylic acids is 1. The van der Waals surface area contributed by atoms with E-state index in [1.807, 2.05) is 45.2 Å². The number of nitrogens with zero attached hydrogens (tertiary/aromatic N) is 1. The Bertz CT molecular complexity index is 476. The highest BCUT2D eigenvalue weighted by Gasteiger charge is 2.33. The Kier molecular flexibility index (Phi) is 4.88. The summed E-state index contributed by atoms with van der Waals surface area (Å²) >= 11 is 0. The first-order valence-electron chi connectivity index (χ1n) is 7.64. The highest BCUT2D eigenvalue weighted by atomic mass is 16.5. The van der Waals surface area contributed by atoms with Gasteiger partial charge in [-0.3, -0.25) is 4.79 Å². The molecule has 1 aromatic rings. The van der Waals surface area contributed by atoms with Crippen molar-refractivity contribution in [1.29, 1.82) is 0 Å². The average molecular weight is 290 g/mol. The maximum atomic E-state index is 12.8. The fourth-order valence-corrected chi connectivity index (χ4v) is 2.84. The topological polar surface area (TPSA) is 55.6 Å². The number of hydrogen-bond acceptors (Lipinski definition) is 3. The zero-order valence-corrected chi connectivity index (χ0v) is 13.3. The fourth-order valence-electron chi connectivity index (χ4n) is 2.84. The smallest absolute Gasteiger partial charge is 0.232 e. The summed E-state index contributed by atoms with van der Waals surface area (Å²) in [4.78, 5) is 14.6. The minimum atomic E-state index is -0.558. The third-order valence-corrected chi connectivity index (χ3v) is 4.27. The highest BCUT2D eigenvalue weighted by Crippen LogP contribution is 2.26. The SMILES string of the molecule is CN(CC1CCCCO1)C(=O)C(C)(C)c1ccc(N)cc1. The number of anilines is 1. The first-order valence-corrected chi connectivity index (χ1v) is 7.64. The van der Waals surface area contributed by atoms with Gasteiger partial charge in [0.2, 0.25) is 5.91 Å². The summed E-state index contributed by atoms with van der Waals surface area (Å²) in [6.07, 6.45) is 3.54. The van der Waals surface area contributed by atoms with Crippen molar-refractivity contribution in [3.8, 4) is 0 Å². The van der Waals surface area contributed by atoms with Crippen LogP contribution in [0, 0.1) is 0 Å². The molecule has 116 valence electrons. The van der Waals surface area contributed by atoms with Crippen molar-refractivity contribution in [2.24, 2.45) is 0 Å². The zero-order valence-electron chi connectivity index (χ0n) is 13.3. The lowest BCUT2D eigenvalue weighted by molar-refractivity contribution is -0.137. The summed E-state index contributed by atoms with van der Waals surface area (Å²) in [5, 5.41) is 0. The molecule has 21 heavy (non-hydrogen) atoms. The maximum Gasteiger partial charge on any atom is 0.232 e. The summed E-state index contributed by atoms with van der Waals surface area (Å²) in [5.41, 5.74) is 6.86. The third-order valence-electron chi connectivity index (χ3n) is 4.27. The first kappa shape index (κ1) is 15.8. The molecule has 0 saturated carbocycles. The molecule has 1 amide bonds. The van der Waals surface area contributed by atoms with E-state index in [0.29, 0.717) is 12.2 Å². The molecular weight excluding hydrogens is 264 g/mol. The van der Waals surface area contributed by atoms with Crippen LogP contribution in [0.5, 0.6) is 0 Å². The van der Waals surface area contributed by atoms with Crippen molar-refractivity contribution in [3.05, 3.63) is 29.8 Å². The molecule has 1 fully saturated rings. The number of nitrogen functional groups attached to an aromatic ring is 1. The predicted octanol–water partition coefficient (Wildman–Crippen LogP) is 2.57. The van der Waals surface area contributed by atoms with Crippen LogP contribution in [0.1, 0.15) is 38.7 Å². The first-order chi connectivity index (χ1) is 9.91. The molecule has 1 heterocycles. The van der Waals surface area contributed by atoms with Crippen molar-refractivity contribution >= 4 is 11.6 Å².